The molecule has 31 heavy (non-hydrogen) atoms. The molecule has 0 atom stereocenters. The summed E-state index contributed by atoms with van der Waals surface area (Å²) in [5.74, 6) is 0.0849. The van der Waals surface area contributed by atoms with Crippen molar-refractivity contribution in [3.63, 3.8) is 0 Å². The summed E-state index contributed by atoms with van der Waals surface area (Å²) in [4.78, 5) is 8.26. The van der Waals surface area contributed by atoms with Gasteiger partial charge in [-0.2, -0.15) is 18.3 Å². The highest BCUT2D eigenvalue weighted by Gasteiger charge is 2.33. The molecule has 0 amide bonds. The number of pyridine rings is 1. The third kappa shape index (κ3) is 6.68. The van der Waals surface area contributed by atoms with E-state index in [1.807, 2.05) is 24.3 Å². The van der Waals surface area contributed by atoms with Crippen LogP contribution in [0.3, 0.4) is 0 Å². The van der Waals surface area contributed by atoms with Crippen molar-refractivity contribution in [1.29, 1.82) is 0 Å². The van der Waals surface area contributed by atoms with Crippen molar-refractivity contribution in [2.75, 3.05) is 6.54 Å². The van der Waals surface area contributed by atoms with Crippen LogP contribution in [0, 0.1) is 13.8 Å². The monoisotopic (exact) mass is 544 g/mol. The molecule has 0 aliphatic carbocycles. The first-order valence-corrected chi connectivity index (χ1v) is 9.41. The molecule has 2 aromatic heterocycles. The van der Waals surface area contributed by atoms with Crippen LogP contribution in [0.1, 0.15) is 28.2 Å². The molecular formula is C21H24F3IN6. The second-order valence-corrected chi connectivity index (χ2v) is 6.88. The molecule has 0 saturated carbocycles. The van der Waals surface area contributed by atoms with E-state index in [0.717, 1.165) is 23.1 Å². The molecule has 3 N–H and O–H groups in total. The number of nitrogens with one attached hydrogen (secondary N) is 1. The predicted molar refractivity (Wildman–Crippen MR) is 125 cm³/mol. The SMILES string of the molecule is Cc1cc(C)n(-c2ccc(CN=C(N)NCCc3ccccn3)c(C(F)(F)F)c2)n1.I. The van der Waals surface area contributed by atoms with E-state index in [1.165, 1.54) is 10.7 Å². The molecular weight excluding hydrogens is 520 g/mol. The number of aromatic nitrogens is 3. The molecule has 3 rings (SSSR count). The Morgan fingerprint density at radius 2 is 1.94 bits per heavy atom. The zero-order valence-electron chi connectivity index (χ0n) is 17.1. The molecule has 0 saturated heterocycles. The number of aryl methyl sites for hydroxylation is 2. The van der Waals surface area contributed by atoms with E-state index < -0.39 is 11.7 Å². The molecule has 1 aromatic carbocycles. The zero-order valence-corrected chi connectivity index (χ0v) is 19.5. The van der Waals surface area contributed by atoms with Crippen LogP contribution >= 0.6 is 24.0 Å². The first kappa shape index (κ1) is 24.6. The maximum atomic E-state index is 13.6. The minimum atomic E-state index is -4.52. The summed E-state index contributed by atoms with van der Waals surface area (Å²) in [6.07, 6.45) is -2.19. The van der Waals surface area contributed by atoms with Gasteiger partial charge in [0.15, 0.2) is 5.96 Å². The van der Waals surface area contributed by atoms with Crippen molar-refractivity contribution in [2.45, 2.75) is 33.0 Å². The second kappa shape index (κ2) is 10.6. The van der Waals surface area contributed by atoms with Crippen molar-refractivity contribution >= 4 is 29.9 Å². The lowest BCUT2D eigenvalue weighted by Crippen LogP contribution is -2.33. The van der Waals surface area contributed by atoms with E-state index in [1.54, 1.807) is 26.1 Å². The van der Waals surface area contributed by atoms with Gasteiger partial charge in [0.1, 0.15) is 0 Å². The van der Waals surface area contributed by atoms with E-state index in [2.05, 4.69) is 20.4 Å². The van der Waals surface area contributed by atoms with Crippen LogP contribution in [-0.2, 0) is 19.1 Å². The van der Waals surface area contributed by atoms with Gasteiger partial charge in [0, 0.05) is 30.6 Å². The summed E-state index contributed by atoms with van der Waals surface area (Å²) in [6.45, 7) is 3.88. The van der Waals surface area contributed by atoms with Crippen LogP contribution < -0.4 is 11.1 Å². The van der Waals surface area contributed by atoms with Crippen molar-refractivity contribution in [1.82, 2.24) is 20.1 Å². The minimum absolute atomic E-state index is 0. The predicted octanol–water partition coefficient (Wildman–Crippen LogP) is 4.17. The number of nitrogens with two attached hydrogens (primary N) is 1. The first-order valence-electron chi connectivity index (χ1n) is 9.41. The summed E-state index contributed by atoms with van der Waals surface area (Å²) in [5.41, 5.74) is 7.83. The van der Waals surface area contributed by atoms with Crippen LogP contribution in [-0.4, -0.2) is 27.3 Å². The number of alkyl halides is 3. The van der Waals surface area contributed by atoms with Gasteiger partial charge in [-0.3, -0.25) is 4.98 Å². The molecule has 2 heterocycles. The topological polar surface area (TPSA) is 81.1 Å². The zero-order chi connectivity index (χ0) is 21.7. The van der Waals surface area contributed by atoms with Crippen molar-refractivity contribution < 1.29 is 13.2 Å². The second-order valence-electron chi connectivity index (χ2n) is 6.88. The largest absolute Gasteiger partial charge is 0.416 e. The average Bonchev–Trinajstić information content (AvgIpc) is 3.04. The van der Waals surface area contributed by atoms with Crippen molar-refractivity contribution in [2.24, 2.45) is 10.7 Å². The Balaban J connectivity index is 0.00000341. The molecule has 6 nitrogen and oxygen atoms in total. The van der Waals surface area contributed by atoms with Gasteiger partial charge < -0.3 is 11.1 Å². The number of aliphatic imine (C=N–C) groups is 1. The van der Waals surface area contributed by atoms with E-state index >= 15 is 0 Å². The highest BCUT2D eigenvalue weighted by Crippen LogP contribution is 2.34. The Labute approximate surface area is 195 Å². The number of nitrogens with zero attached hydrogens (tertiary/aromatic N) is 4. The Bertz CT molecular complexity index is 1030. The molecule has 3 aromatic rings. The molecule has 166 valence electrons. The Kier molecular flexibility index (Phi) is 8.43. The lowest BCUT2D eigenvalue weighted by molar-refractivity contribution is -0.138. The Hall–Kier alpha value is -2.63. The van der Waals surface area contributed by atoms with Gasteiger partial charge in [-0.25, -0.2) is 9.67 Å². The van der Waals surface area contributed by atoms with Gasteiger partial charge in [-0.15, -0.1) is 24.0 Å². The smallest absolute Gasteiger partial charge is 0.370 e. The first-order chi connectivity index (χ1) is 14.2. The van der Waals surface area contributed by atoms with Gasteiger partial charge in [0.25, 0.3) is 0 Å². The summed E-state index contributed by atoms with van der Waals surface area (Å²) >= 11 is 0. The maximum absolute atomic E-state index is 13.6. The van der Waals surface area contributed by atoms with Crippen molar-refractivity contribution in [3.05, 3.63) is 76.9 Å². The molecule has 0 radical (unpaired) electrons. The third-order valence-corrected chi connectivity index (χ3v) is 4.49. The van der Waals surface area contributed by atoms with Crippen LogP contribution in [0.4, 0.5) is 13.2 Å². The Morgan fingerprint density at radius 1 is 1.16 bits per heavy atom. The molecule has 10 heteroatoms. The molecule has 0 aliphatic rings. The van der Waals surface area contributed by atoms with Crippen molar-refractivity contribution in [3.8, 4) is 5.69 Å². The maximum Gasteiger partial charge on any atom is 0.416 e. The quantitative estimate of drug-likeness (QED) is 0.278. The summed E-state index contributed by atoms with van der Waals surface area (Å²) < 4.78 is 42.4. The third-order valence-electron chi connectivity index (χ3n) is 4.49. The summed E-state index contributed by atoms with van der Waals surface area (Å²) in [7, 11) is 0. The minimum Gasteiger partial charge on any atom is -0.370 e. The van der Waals surface area contributed by atoms with E-state index in [-0.39, 0.29) is 42.0 Å². The fourth-order valence-electron chi connectivity index (χ4n) is 3.08. The van der Waals surface area contributed by atoms with E-state index in [9.17, 15) is 13.2 Å². The summed E-state index contributed by atoms with van der Waals surface area (Å²) in [5, 5.41) is 7.15. The Morgan fingerprint density at radius 3 is 2.55 bits per heavy atom. The number of halogens is 4. The van der Waals surface area contributed by atoms with Gasteiger partial charge in [-0.05, 0) is 49.7 Å². The number of hydrogen-bond donors (Lipinski definition) is 2. The fraction of sp³-hybridized carbons (Fsp3) is 0.286. The molecule has 0 unspecified atom stereocenters. The molecule has 0 spiro atoms. The van der Waals surface area contributed by atoms with Crippen LogP contribution in [0.2, 0.25) is 0 Å². The van der Waals surface area contributed by atoms with Crippen LogP contribution in [0.15, 0.2) is 53.7 Å². The molecule has 0 fully saturated rings. The van der Waals surface area contributed by atoms with Crippen LogP contribution in [0.5, 0.6) is 0 Å². The number of guanidine groups is 1. The van der Waals surface area contributed by atoms with Gasteiger partial charge in [-0.1, -0.05) is 12.1 Å². The number of hydrogen-bond acceptors (Lipinski definition) is 3. The molecule has 0 bridgehead atoms. The number of rotatable bonds is 6. The summed E-state index contributed by atoms with van der Waals surface area (Å²) in [6, 6.07) is 11.5. The number of benzene rings is 1. The van der Waals surface area contributed by atoms with Gasteiger partial charge in [0.2, 0.25) is 0 Å². The van der Waals surface area contributed by atoms with Crippen LogP contribution in [0.25, 0.3) is 5.69 Å². The fourth-order valence-corrected chi connectivity index (χ4v) is 3.08. The van der Waals surface area contributed by atoms with E-state index in [4.69, 9.17) is 5.73 Å². The normalized spacial score (nSPS) is 11.8. The lowest BCUT2D eigenvalue weighted by Gasteiger charge is -2.14. The van der Waals surface area contributed by atoms with Gasteiger partial charge in [0.05, 0.1) is 23.5 Å². The molecule has 0 aliphatic heterocycles. The highest BCUT2D eigenvalue weighted by molar-refractivity contribution is 14.0. The lowest BCUT2D eigenvalue weighted by atomic mass is 10.1. The highest BCUT2D eigenvalue weighted by atomic mass is 127. The standard InChI is InChI=1S/C21H23F3N6.HI/c1-14-11-15(2)30(29-14)18-7-6-16(19(12-18)21(22,23)24)13-28-20(25)27-10-8-17-5-3-4-9-26-17;/h3-7,9,11-12H,8,10,13H2,1-2H3,(H3,25,27,28);1H. The average molecular weight is 544 g/mol. The van der Waals surface area contributed by atoms with E-state index in [0.29, 0.717) is 18.7 Å². The van der Waals surface area contributed by atoms with Gasteiger partial charge >= 0.3 is 6.18 Å².